The maximum absolute atomic E-state index is 5.56. The van der Waals surface area contributed by atoms with E-state index in [0.29, 0.717) is 5.13 Å². The fourth-order valence-corrected chi connectivity index (χ4v) is 2.03. The van der Waals surface area contributed by atoms with Crippen molar-refractivity contribution in [2.45, 2.75) is 13.8 Å². The first-order chi connectivity index (χ1) is 7.13. The number of aromatic nitrogens is 1. The topological polar surface area (TPSA) is 50.9 Å². The molecule has 0 saturated carbocycles. The number of rotatable bonds is 2. The van der Waals surface area contributed by atoms with Crippen LogP contribution in [-0.4, -0.2) is 4.98 Å². The van der Waals surface area contributed by atoms with E-state index in [-0.39, 0.29) is 0 Å². The third kappa shape index (κ3) is 2.47. The Morgan fingerprint density at radius 1 is 1.20 bits per heavy atom. The summed E-state index contributed by atoms with van der Waals surface area (Å²) < 4.78 is 0. The molecule has 2 rings (SSSR count). The number of nitrogens with two attached hydrogens (primary N) is 1. The Labute approximate surface area is 93.0 Å². The summed E-state index contributed by atoms with van der Waals surface area (Å²) in [7, 11) is 0. The van der Waals surface area contributed by atoms with Crippen LogP contribution in [0.4, 0.5) is 16.6 Å². The Bertz CT molecular complexity index is 456. The van der Waals surface area contributed by atoms with Gasteiger partial charge in [0.05, 0.1) is 0 Å². The van der Waals surface area contributed by atoms with Crippen molar-refractivity contribution in [3.63, 3.8) is 0 Å². The summed E-state index contributed by atoms with van der Waals surface area (Å²) in [5.41, 5.74) is 9.09. The van der Waals surface area contributed by atoms with Gasteiger partial charge in [0.15, 0.2) is 5.13 Å². The Balaban J connectivity index is 2.24. The van der Waals surface area contributed by atoms with Crippen LogP contribution in [0, 0.1) is 13.8 Å². The summed E-state index contributed by atoms with van der Waals surface area (Å²) in [5, 5.41) is 5.72. The van der Waals surface area contributed by atoms with Gasteiger partial charge in [0.1, 0.15) is 5.82 Å². The minimum Gasteiger partial charge on any atom is -0.375 e. The lowest BCUT2D eigenvalue weighted by Crippen LogP contribution is -1.92. The van der Waals surface area contributed by atoms with Crippen LogP contribution in [0.1, 0.15) is 11.1 Å². The van der Waals surface area contributed by atoms with Crippen LogP contribution in [0.5, 0.6) is 0 Å². The highest BCUT2D eigenvalue weighted by molar-refractivity contribution is 7.13. The number of thiazole rings is 1. The zero-order chi connectivity index (χ0) is 10.8. The number of nitrogens with zero attached hydrogens (tertiary/aromatic N) is 1. The lowest BCUT2D eigenvalue weighted by Gasteiger charge is -2.05. The highest BCUT2D eigenvalue weighted by Gasteiger charge is 2.00. The van der Waals surface area contributed by atoms with Gasteiger partial charge in [-0.15, -0.1) is 11.3 Å². The number of hydrogen-bond donors (Lipinski definition) is 2. The van der Waals surface area contributed by atoms with E-state index in [1.54, 1.807) is 0 Å². The summed E-state index contributed by atoms with van der Waals surface area (Å²) >= 11 is 1.44. The molecule has 78 valence electrons. The molecule has 0 amide bonds. The summed E-state index contributed by atoms with van der Waals surface area (Å²) in [6.45, 7) is 4.15. The van der Waals surface area contributed by atoms with E-state index in [9.17, 15) is 0 Å². The summed E-state index contributed by atoms with van der Waals surface area (Å²) in [4.78, 5) is 4.15. The SMILES string of the molecule is Cc1cc(C)cc(Nc2csc(N)n2)c1. The predicted octanol–water partition coefficient (Wildman–Crippen LogP) is 3.09. The van der Waals surface area contributed by atoms with Gasteiger partial charge in [0.2, 0.25) is 0 Å². The molecule has 3 N–H and O–H groups in total. The van der Waals surface area contributed by atoms with Crippen molar-refractivity contribution in [3.05, 3.63) is 34.7 Å². The highest BCUT2D eigenvalue weighted by atomic mass is 32.1. The van der Waals surface area contributed by atoms with Crippen molar-refractivity contribution in [2.24, 2.45) is 0 Å². The van der Waals surface area contributed by atoms with Crippen molar-refractivity contribution in [1.82, 2.24) is 4.98 Å². The molecule has 0 aliphatic carbocycles. The molecule has 0 spiro atoms. The van der Waals surface area contributed by atoms with Gasteiger partial charge in [-0.3, -0.25) is 0 Å². The molecule has 0 aliphatic rings. The molecule has 1 aromatic heterocycles. The minimum absolute atomic E-state index is 0.585. The fourth-order valence-electron chi connectivity index (χ4n) is 1.54. The molecule has 0 fully saturated rings. The van der Waals surface area contributed by atoms with Crippen LogP contribution in [-0.2, 0) is 0 Å². The monoisotopic (exact) mass is 219 g/mol. The molecular formula is C11H13N3S. The molecule has 0 atom stereocenters. The van der Waals surface area contributed by atoms with Gasteiger partial charge >= 0.3 is 0 Å². The second-order valence-electron chi connectivity index (χ2n) is 3.57. The fraction of sp³-hybridized carbons (Fsp3) is 0.182. The van der Waals surface area contributed by atoms with Crippen LogP contribution >= 0.6 is 11.3 Å². The third-order valence-corrected chi connectivity index (χ3v) is 2.69. The number of aryl methyl sites for hydroxylation is 2. The average molecular weight is 219 g/mol. The van der Waals surface area contributed by atoms with E-state index >= 15 is 0 Å². The van der Waals surface area contributed by atoms with E-state index in [2.05, 4.69) is 42.3 Å². The van der Waals surface area contributed by atoms with Gasteiger partial charge in [-0.25, -0.2) is 4.98 Å². The van der Waals surface area contributed by atoms with Crippen LogP contribution in [0.2, 0.25) is 0 Å². The lowest BCUT2D eigenvalue weighted by atomic mass is 10.1. The van der Waals surface area contributed by atoms with E-state index in [4.69, 9.17) is 5.73 Å². The second kappa shape index (κ2) is 3.90. The molecule has 0 radical (unpaired) electrons. The molecule has 1 heterocycles. The van der Waals surface area contributed by atoms with Crippen LogP contribution in [0.15, 0.2) is 23.6 Å². The number of nitrogen functional groups attached to an aromatic ring is 1. The standard InChI is InChI=1S/C11H13N3S/c1-7-3-8(2)5-9(4-7)13-10-6-15-11(12)14-10/h3-6,13H,1-2H3,(H2,12,14). The number of benzene rings is 1. The van der Waals surface area contributed by atoms with Gasteiger partial charge in [-0.05, 0) is 37.1 Å². The molecule has 0 unspecified atom stereocenters. The van der Waals surface area contributed by atoms with Crippen molar-refractivity contribution < 1.29 is 0 Å². The molecule has 0 bridgehead atoms. The van der Waals surface area contributed by atoms with Gasteiger partial charge in [-0.1, -0.05) is 6.07 Å². The van der Waals surface area contributed by atoms with Crippen molar-refractivity contribution in [2.75, 3.05) is 11.1 Å². The Morgan fingerprint density at radius 2 is 1.87 bits per heavy atom. The predicted molar refractivity (Wildman–Crippen MR) is 65.7 cm³/mol. The molecule has 4 heteroatoms. The van der Waals surface area contributed by atoms with Crippen molar-refractivity contribution in [1.29, 1.82) is 0 Å². The Kier molecular flexibility index (Phi) is 2.60. The molecular weight excluding hydrogens is 206 g/mol. The first-order valence-electron chi connectivity index (χ1n) is 4.70. The van der Waals surface area contributed by atoms with Gasteiger partial charge in [0, 0.05) is 11.1 Å². The maximum Gasteiger partial charge on any atom is 0.182 e. The summed E-state index contributed by atoms with van der Waals surface area (Å²) in [6.07, 6.45) is 0. The quantitative estimate of drug-likeness (QED) is 0.816. The average Bonchev–Trinajstić information content (AvgIpc) is 2.49. The van der Waals surface area contributed by atoms with Gasteiger partial charge in [-0.2, -0.15) is 0 Å². The normalized spacial score (nSPS) is 10.3. The Morgan fingerprint density at radius 3 is 2.40 bits per heavy atom. The summed E-state index contributed by atoms with van der Waals surface area (Å²) in [6, 6.07) is 6.31. The zero-order valence-electron chi connectivity index (χ0n) is 8.74. The summed E-state index contributed by atoms with van der Waals surface area (Å²) in [5.74, 6) is 0.808. The molecule has 0 saturated heterocycles. The molecule has 2 aromatic rings. The van der Waals surface area contributed by atoms with E-state index < -0.39 is 0 Å². The van der Waals surface area contributed by atoms with Gasteiger partial charge in [0.25, 0.3) is 0 Å². The van der Waals surface area contributed by atoms with E-state index in [0.717, 1.165) is 11.5 Å². The zero-order valence-corrected chi connectivity index (χ0v) is 9.56. The molecule has 15 heavy (non-hydrogen) atoms. The van der Waals surface area contributed by atoms with E-state index in [1.165, 1.54) is 22.5 Å². The first kappa shape index (κ1) is 9.98. The largest absolute Gasteiger partial charge is 0.375 e. The highest BCUT2D eigenvalue weighted by Crippen LogP contribution is 2.22. The number of nitrogens with one attached hydrogen (secondary N) is 1. The Hall–Kier alpha value is -1.55. The number of anilines is 3. The van der Waals surface area contributed by atoms with Crippen molar-refractivity contribution in [3.8, 4) is 0 Å². The van der Waals surface area contributed by atoms with Gasteiger partial charge < -0.3 is 11.1 Å². The molecule has 0 aliphatic heterocycles. The molecule has 1 aromatic carbocycles. The third-order valence-electron chi connectivity index (χ3n) is 2.02. The second-order valence-corrected chi connectivity index (χ2v) is 4.46. The van der Waals surface area contributed by atoms with Crippen LogP contribution in [0.25, 0.3) is 0 Å². The van der Waals surface area contributed by atoms with E-state index in [1.807, 2.05) is 5.38 Å². The molecule has 3 nitrogen and oxygen atoms in total. The maximum atomic E-state index is 5.56. The lowest BCUT2D eigenvalue weighted by molar-refractivity contribution is 1.34. The van der Waals surface area contributed by atoms with Crippen LogP contribution in [0.3, 0.4) is 0 Å². The van der Waals surface area contributed by atoms with Crippen LogP contribution < -0.4 is 11.1 Å². The van der Waals surface area contributed by atoms with Crippen molar-refractivity contribution >= 4 is 28.0 Å². The number of hydrogen-bond acceptors (Lipinski definition) is 4. The first-order valence-corrected chi connectivity index (χ1v) is 5.58. The smallest absolute Gasteiger partial charge is 0.182 e. The minimum atomic E-state index is 0.585.